The number of nitrogens with one attached hydrogen (secondary N) is 1. The Bertz CT molecular complexity index is 724. The molecular formula is C13H16N2O5S. The second-order valence-electron chi connectivity index (χ2n) is 4.27. The highest BCUT2D eigenvalue weighted by Crippen LogP contribution is 2.28. The van der Waals surface area contributed by atoms with Crippen LogP contribution in [-0.4, -0.2) is 27.8 Å². The zero-order valence-electron chi connectivity index (χ0n) is 11.9. The molecule has 1 heterocycles. The predicted octanol–water partition coefficient (Wildman–Crippen LogP) is 1.48. The molecule has 0 aliphatic heterocycles. The Morgan fingerprint density at radius 1 is 1.24 bits per heavy atom. The molecule has 114 valence electrons. The van der Waals surface area contributed by atoms with Crippen LogP contribution in [0.3, 0.4) is 0 Å². The number of benzene rings is 1. The van der Waals surface area contributed by atoms with Gasteiger partial charge in [0.05, 0.1) is 26.5 Å². The summed E-state index contributed by atoms with van der Waals surface area (Å²) in [7, 11) is -0.837. The topological polar surface area (TPSA) is 90.7 Å². The van der Waals surface area contributed by atoms with Gasteiger partial charge >= 0.3 is 0 Å². The number of sulfonamides is 1. The molecule has 1 aromatic heterocycles. The maximum absolute atomic E-state index is 12.3. The maximum atomic E-state index is 12.3. The summed E-state index contributed by atoms with van der Waals surface area (Å²) in [4.78, 5) is 0.0333. The van der Waals surface area contributed by atoms with Crippen LogP contribution in [0.4, 0.5) is 0 Å². The lowest BCUT2D eigenvalue weighted by Crippen LogP contribution is -2.23. The molecule has 0 aliphatic carbocycles. The van der Waals surface area contributed by atoms with Crippen molar-refractivity contribution >= 4 is 10.0 Å². The van der Waals surface area contributed by atoms with Crippen molar-refractivity contribution in [3.05, 3.63) is 35.7 Å². The minimum atomic E-state index is -3.73. The molecule has 1 aromatic carbocycles. The van der Waals surface area contributed by atoms with Crippen LogP contribution in [-0.2, 0) is 16.6 Å². The molecule has 21 heavy (non-hydrogen) atoms. The molecule has 1 N–H and O–H groups in total. The largest absolute Gasteiger partial charge is 0.497 e. The van der Waals surface area contributed by atoms with Crippen LogP contribution in [0.5, 0.6) is 11.5 Å². The smallest absolute Gasteiger partial charge is 0.244 e. The first-order valence-corrected chi connectivity index (χ1v) is 7.58. The molecule has 0 bridgehead atoms. The third-order valence-electron chi connectivity index (χ3n) is 2.78. The lowest BCUT2D eigenvalue weighted by Gasteiger charge is -2.11. The van der Waals surface area contributed by atoms with E-state index in [1.54, 1.807) is 19.1 Å². The third kappa shape index (κ3) is 3.53. The van der Waals surface area contributed by atoms with Crippen LogP contribution >= 0.6 is 0 Å². The molecule has 2 rings (SSSR count). The molecule has 0 radical (unpaired) electrons. The molecule has 0 unspecified atom stereocenters. The number of rotatable bonds is 6. The van der Waals surface area contributed by atoms with Gasteiger partial charge < -0.3 is 14.0 Å². The van der Waals surface area contributed by atoms with E-state index in [-0.39, 0.29) is 17.2 Å². The van der Waals surface area contributed by atoms with Crippen LogP contribution < -0.4 is 14.2 Å². The number of methoxy groups -OCH3 is 2. The molecule has 0 fully saturated rings. The van der Waals surface area contributed by atoms with Crippen molar-refractivity contribution in [3.8, 4) is 11.5 Å². The molecule has 2 aromatic rings. The van der Waals surface area contributed by atoms with Crippen LogP contribution in [0.15, 0.2) is 33.7 Å². The summed E-state index contributed by atoms with van der Waals surface area (Å²) < 4.78 is 42.1. The number of aryl methyl sites for hydroxylation is 1. The van der Waals surface area contributed by atoms with E-state index in [2.05, 4.69) is 9.88 Å². The second kappa shape index (κ2) is 6.15. The molecular weight excluding hydrogens is 296 g/mol. The lowest BCUT2D eigenvalue weighted by atomic mass is 10.3. The van der Waals surface area contributed by atoms with Crippen molar-refractivity contribution < 1.29 is 22.4 Å². The van der Waals surface area contributed by atoms with E-state index in [9.17, 15) is 8.42 Å². The first-order chi connectivity index (χ1) is 9.96. The maximum Gasteiger partial charge on any atom is 0.244 e. The lowest BCUT2D eigenvalue weighted by molar-refractivity contribution is 0.385. The van der Waals surface area contributed by atoms with E-state index in [0.29, 0.717) is 17.2 Å². The molecule has 0 amide bonds. The van der Waals surface area contributed by atoms with E-state index in [1.807, 2.05) is 0 Å². The summed E-state index contributed by atoms with van der Waals surface area (Å²) in [6.45, 7) is 1.77. The van der Waals surface area contributed by atoms with E-state index < -0.39 is 10.0 Å². The van der Waals surface area contributed by atoms with Gasteiger partial charge in [-0.1, -0.05) is 5.16 Å². The van der Waals surface area contributed by atoms with Gasteiger partial charge in [-0.25, -0.2) is 13.1 Å². The van der Waals surface area contributed by atoms with Crippen molar-refractivity contribution in [2.24, 2.45) is 0 Å². The average molecular weight is 312 g/mol. The number of nitrogens with zero attached hydrogens (tertiary/aromatic N) is 1. The van der Waals surface area contributed by atoms with Gasteiger partial charge in [-0.3, -0.25) is 0 Å². The quantitative estimate of drug-likeness (QED) is 0.869. The summed E-state index contributed by atoms with van der Waals surface area (Å²) in [5.41, 5.74) is 0.503. The van der Waals surface area contributed by atoms with Gasteiger partial charge in [-0.15, -0.1) is 0 Å². The van der Waals surface area contributed by atoms with Gasteiger partial charge in [0.15, 0.2) is 0 Å². The molecule has 0 saturated carbocycles. The van der Waals surface area contributed by atoms with E-state index in [0.717, 1.165) is 0 Å². The highest BCUT2D eigenvalue weighted by molar-refractivity contribution is 7.89. The minimum Gasteiger partial charge on any atom is -0.497 e. The SMILES string of the molecule is COc1ccc(S(=O)(=O)NCc2cc(C)on2)c(OC)c1. The summed E-state index contributed by atoms with van der Waals surface area (Å²) in [6, 6.07) is 6.15. The Morgan fingerprint density at radius 2 is 2.00 bits per heavy atom. The number of hydrogen-bond acceptors (Lipinski definition) is 6. The first kappa shape index (κ1) is 15.3. The molecule has 0 aliphatic rings. The Morgan fingerprint density at radius 3 is 2.57 bits per heavy atom. The summed E-state index contributed by atoms with van der Waals surface area (Å²) in [5.74, 6) is 1.34. The highest BCUT2D eigenvalue weighted by Gasteiger charge is 2.20. The fourth-order valence-corrected chi connectivity index (χ4v) is 2.89. The Kier molecular flexibility index (Phi) is 4.49. The normalized spacial score (nSPS) is 11.4. The number of hydrogen-bond donors (Lipinski definition) is 1. The Labute approximate surface area is 122 Å². The van der Waals surface area contributed by atoms with Gasteiger partial charge in [-0.05, 0) is 19.1 Å². The van der Waals surface area contributed by atoms with Crippen molar-refractivity contribution in [1.82, 2.24) is 9.88 Å². The zero-order valence-corrected chi connectivity index (χ0v) is 12.7. The standard InChI is InChI=1S/C13H16N2O5S/c1-9-6-10(15-20-9)8-14-21(16,17)13-5-4-11(18-2)7-12(13)19-3/h4-7,14H,8H2,1-3H3. The first-order valence-electron chi connectivity index (χ1n) is 6.10. The Hall–Kier alpha value is -2.06. The van der Waals surface area contributed by atoms with Gasteiger partial charge in [0.1, 0.15) is 22.2 Å². The number of ether oxygens (including phenoxy) is 2. The van der Waals surface area contributed by atoms with E-state index >= 15 is 0 Å². The van der Waals surface area contributed by atoms with Crippen molar-refractivity contribution in [2.75, 3.05) is 14.2 Å². The molecule has 0 saturated heterocycles. The third-order valence-corrected chi connectivity index (χ3v) is 4.22. The predicted molar refractivity (Wildman–Crippen MR) is 74.8 cm³/mol. The van der Waals surface area contributed by atoms with Crippen LogP contribution in [0.2, 0.25) is 0 Å². The highest BCUT2D eigenvalue weighted by atomic mass is 32.2. The summed E-state index contributed by atoms with van der Waals surface area (Å²) >= 11 is 0. The minimum absolute atomic E-state index is 0.0333. The molecule has 0 atom stereocenters. The van der Waals surface area contributed by atoms with E-state index in [4.69, 9.17) is 14.0 Å². The average Bonchev–Trinajstić information content (AvgIpc) is 2.90. The summed E-state index contributed by atoms with van der Waals surface area (Å²) in [6.07, 6.45) is 0. The number of aromatic nitrogens is 1. The van der Waals surface area contributed by atoms with Crippen LogP contribution in [0, 0.1) is 6.92 Å². The fourth-order valence-electron chi connectivity index (χ4n) is 1.74. The monoisotopic (exact) mass is 312 g/mol. The second-order valence-corrected chi connectivity index (χ2v) is 6.01. The van der Waals surface area contributed by atoms with Crippen molar-refractivity contribution in [3.63, 3.8) is 0 Å². The molecule has 8 heteroatoms. The van der Waals surface area contributed by atoms with Crippen LogP contribution in [0.1, 0.15) is 11.5 Å². The fraction of sp³-hybridized carbons (Fsp3) is 0.308. The van der Waals surface area contributed by atoms with Gasteiger partial charge in [0.2, 0.25) is 10.0 Å². The summed E-state index contributed by atoms with van der Waals surface area (Å²) in [5, 5.41) is 3.73. The molecule has 7 nitrogen and oxygen atoms in total. The Balaban J connectivity index is 2.22. The van der Waals surface area contributed by atoms with Crippen molar-refractivity contribution in [2.45, 2.75) is 18.4 Å². The van der Waals surface area contributed by atoms with Gasteiger partial charge in [0.25, 0.3) is 0 Å². The van der Waals surface area contributed by atoms with Crippen molar-refractivity contribution in [1.29, 1.82) is 0 Å². The van der Waals surface area contributed by atoms with E-state index in [1.165, 1.54) is 26.4 Å². The van der Waals surface area contributed by atoms with Gasteiger partial charge in [-0.2, -0.15) is 0 Å². The molecule has 0 spiro atoms. The van der Waals surface area contributed by atoms with Gasteiger partial charge in [0, 0.05) is 12.1 Å². The van der Waals surface area contributed by atoms with Crippen LogP contribution in [0.25, 0.3) is 0 Å². The zero-order chi connectivity index (χ0) is 15.5.